The second-order valence-corrected chi connectivity index (χ2v) is 6.20. The highest BCUT2D eigenvalue weighted by Crippen LogP contribution is 2.32. The van der Waals surface area contributed by atoms with Gasteiger partial charge in [0.05, 0.1) is 23.1 Å². The fourth-order valence-corrected chi connectivity index (χ4v) is 3.38. The quantitative estimate of drug-likeness (QED) is 0.550. The lowest BCUT2D eigenvalue weighted by Crippen LogP contribution is -2.09. The molecule has 3 aromatic heterocycles. The van der Waals surface area contributed by atoms with Crippen molar-refractivity contribution in [2.45, 2.75) is 13.0 Å². The van der Waals surface area contributed by atoms with Gasteiger partial charge in [0.1, 0.15) is 17.0 Å². The van der Waals surface area contributed by atoms with Gasteiger partial charge in [-0.1, -0.05) is 35.3 Å². The molecule has 0 aliphatic rings. The molecule has 0 fully saturated rings. The first kappa shape index (κ1) is 15.1. The Morgan fingerprint density at radius 2 is 2.00 bits per heavy atom. The van der Waals surface area contributed by atoms with Gasteiger partial charge in [0.2, 0.25) is 0 Å². The summed E-state index contributed by atoms with van der Waals surface area (Å²) in [5, 5.41) is 2.64. The fourth-order valence-electron chi connectivity index (χ4n) is 2.75. The van der Waals surface area contributed by atoms with Gasteiger partial charge >= 0.3 is 0 Å². The Hall–Kier alpha value is -2.44. The van der Waals surface area contributed by atoms with Gasteiger partial charge in [0.15, 0.2) is 11.5 Å². The molecule has 1 aromatic carbocycles. The number of hydrogen-bond donors (Lipinski definition) is 1. The van der Waals surface area contributed by atoms with Crippen molar-refractivity contribution in [1.29, 1.82) is 0 Å². The number of nitrogen functional groups attached to an aromatic ring is 1. The van der Waals surface area contributed by atoms with Gasteiger partial charge in [0.25, 0.3) is 0 Å². The monoisotopic (exact) mass is 358 g/mol. The van der Waals surface area contributed by atoms with E-state index in [2.05, 4.69) is 19.9 Å². The first-order valence-corrected chi connectivity index (χ1v) is 7.99. The largest absolute Gasteiger partial charge is 0.382 e. The van der Waals surface area contributed by atoms with Gasteiger partial charge < -0.3 is 10.3 Å². The van der Waals surface area contributed by atoms with E-state index in [4.69, 9.17) is 28.9 Å². The van der Waals surface area contributed by atoms with Gasteiger partial charge in [-0.25, -0.2) is 19.9 Å². The minimum absolute atomic E-state index is 0.134. The number of fused-ring (bicyclic) bond motifs is 2. The molecule has 120 valence electrons. The van der Waals surface area contributed by atoms with Crippen molar-refractivity contribution in [2.75, 3.05) is 5.73 Å². The van der Waals surface area contributed by atoms with Gasteiger partial charge in [-0.3, -0.25) is 0 Å². The third kappa shape index (κ3) is 2.26. The van der Waals surface area contributed by atoms with Gasteiger partial charge in [-0.15, -0.1) is 0 Å². The lowest BCUT2D eigenvalue weighted by molar-refractivity contribution is 0.634. The molecular weight excluding hydrogens is 347 g/mol. The average molecular weight is 359 g/mol. The Morgan fingerprint density at radius 1 is 1.17 bits per heavy atom. The first-order chi connectivity index (χ1) is 11.6. The molecule has 1 atom stereocenters. The molecule has 0 saturated heterocycles. The zero-order valence-corrected chi connectivity index (χ0v) is 14.1. The highest BCUT2D eigenvalue weighted by molar-refractivity contribution is 6.41. The Kier molecular flexibility index (Phi) is 3.51. The SMILES string of the molecule is CC(c1cc2cccc(Cl)c2c(Cl)n1)n1cnc2c(N)ncnc21. The maximum absolute atomic E-state index is 6.35. The molecule has 0 radical (unpaired) electrons. The molecule has 0 saturated carbocycles. The Balaban J connectivity index is 1.89. The topological polar surface area (TPSA) is 82.5 Å². The first-order valence-electron chi connectivity index (χ1n) is 7.24. The van der Waals surface area contributed by atoms with Crippen molar-refractivity contribution in [2.24, 2.45) is 0 Å². The average Bonchev–Trinajstić information content (AvgIpc) is 2.99. The number of nitrogens with two attached hydrogens (primary N) is 1. The van der Waals surface area contributed by atoms with E-state index in [1.165, 1.54) is 6.33 Å². The Morgan fingerprint density at radius 3 is 2.83 bits per heavy atom. The van der Waals surface area contributed by atoms with Crippen LogP contribution in [0.25, 0.3) is 21.9 Å². The van der Waals surface area contributed by atoms with Gasteiger partial charge in [-0.05, 0) is 24.4 Å². The number of hydrogen-bond acceptors (Lipinski definition) is 5. The summed E-state index contributed by atoms with van der Waals surface area (Å²) >= 11 is 12.6. The maximum atomic E-state index is 6.35. The summed E-state index contributed by atoms with van der Waals surface area (Å²) in [5.74, 6) is 0.349. The molecule has 0 amide bonds. The predicted octanol–water partition coefficient (Wildman–Crippen LogP) is 3.87. The summed E-state index contributed by atoms with van der Waals surface area (Å²) in [6.45, 7) is 1.99. The lowest BCUT2D eigenvalue weighted by Gasteiger charge is -2.15. The fraction of sp³-hybridized carbons (Fsp3) is 0.125. The summed E-state index contributed by atoms with van der Waals surface area (Å²) < 4.78 is 1.89. The van der Waals surface area contributed by atoms with E-state index in [0.717, 1.165) is 16.5 Å². The highest BCUT2D eigenvalue weighted by atomic mass is 35.5. The molecular formula is C16H12Cl2N6. The number of aromatic nitrogens is 5. The Labute approximate surface area is 147 Å². The second kappa shape index (κ2) is 5.58. The third-order valence-electron chi connectivity index (χ3n) is 4.02. The minimum atomic E-state index is -0.134. The van der Waals surface area contributed by atoms with Crippen LogP contribution in [0.4, 0.5) is 5.82 Å². The number of halogens is 2. The van der Waals surface area contributed by atoms with E-state index in [1.807, 2.05) is 29.7 Å². The molecule has 8 heteroatoms. The van der Waals surface area contributed by atoms with E-state index in [0.29, 0.717) is 27.2 Å². The van der Waals surface area contributed by atoms with Crippen LogP contribution < -0.4 is 5.73 Å². The van der Waals surface area contributed by atoms with Gasteiger partial charge in [0, 0.05) is 5.39 Å². The molecule has 0 bridgehead atoms. The van der Waals surface area contributed by atoms with Crippen molar-refractivity contribution in [3.05, 3.63) is 52.8 Å². The number of imidazole rings is 1. The van der Waals surface area contributed by atoms with Crippen LogP contribution >= 0.6 is 23.2 Å². The zero-order valence-electron chi connectivity index (χ0n) is 12.6. The van der Waals surface area contributed by atoms with E-state index in [-0.39, 0.29) is 6.04 Å². The number of nitrogens with zero attached hydrogens (tertiary/aromatic N) is 5. The molecule has 24 heavy (non-hydrogen) atoms. The lowest BCUT2D eigenvalue weighted by atomic mass is 10.1. The normalized spacial score (nSPS) is 12.8. The third-order valence-corrected chi connectivity index (χ3v) is 4.60. The molecule has 4 rings (SSSR count). The number of anilines is 1. The molecule has 3 heterocycles. The van der Waals surface area contributed by atoms with Crippen LogP contribution in [-0.4, -0.2) is 24.5 Å². The summed E-state index contributed by atoms with van der Waals surface area (Å²) in [4.78, 5) is 17.0. The smallest absolute Gasteiger partial charge is 0.166 e. The molecule has 4 aromatic rings. The van der Waals surface area contributed by atoms with E-state index in [1.54, 1.807) is 12.4 Å². The molecule has 1 unspecified atom stereocenters. The number of pyridine rings is 1. The van der Waals surface area contributed by atoms with Crippen molar-refractivity contribution in [1.82, 2.24) is 24.5 Å². The van der Waals surface area contributed by atoms with E-state index < -0.39 is 0 Å². The second-order valence-electron chi connectivity index (χ2n) is 5.43. The molecule has 0 aliphatic heterocycles. The van der Waals surface area contributed by atoms with Crippen LogP contribution in [0.1, 0.15) is 18.7 Å². The van der Waals surface area contributed by atoms with Crippen molar-refractivity contribution in [3.63, 3.8) is 0 Å². The number of rotatable bonds is 2. The van der Waals surface area contributed by atoms with Crippen LogP contribution in [0.3, 0.4) is 0 Å². The van der Waals surface area contributed by atoms with Crippen molar-refractivity contribution in [3.8, 4) is 0 Å². The number of benzene rings is 1. The molecule has 2 N–H and O–H groups in total. The van der Waals surface area contributed by atoms with Crippen LogP contribution in [0, 0.1) is 0 Å². The summed E-state index contributed by atoms with van der Waals surface area (Å²) in [5.41, 5.74) is 7.85. The molecule has 0 aliphatic carbocycles. The van der Waals surface area contributed by atoms with E-state index in [9.17, 15) is 0 Å². The van der Waals surface area contributed by atoms with Crippen molar-refractivity contribution < 1.29 is 0 Å². The Bertz CT molecular complexity index is 1070. The maximum Gasteiger partial charge on any atom is 0.166 e. The van der Waals surface area contributed by atoms with Gasteiger partial charge in [-0.2, -0.15) is 0 Å². The summed E-state index contributed by atoms with van der Waals surface area (Å²) in [6.07, 6.45) is 3.10. The van der Waals surface area contributed by atoms with Crippen LogP contribution in [0.15, 0.2) is 36.9 Å². The highest BCUT2D eigenvalue weighted by Gasteiger charge is 2.17. The zero-order chi connectivity index (χ0) is 16.8. The molecule has 6 nitrogen and oxygen atoms in total. The van der Waals surface area contributed by atoms with Crippen LogP contribution in [0.5, 0.6) is 0 Å². The van der Waals surface area contributed by atoms with E-state index >= 15 is 0 Å². The summed E-state index contributed by atoms with van der Waals surface area (Å²) in [7, 11) is 0. The minimum Gasteiger partial charge on any atom is -0.382 e. The van der Waals surface area contributed by atoms with Crippen molar-refractivity contribution >= 4 is 51.0 Å². The predicted molar refractivity (Wildman–Crippen MR) is 95.3 cm³/mol. The molecule has 0 spiro atoms. The summed E-state index contributed by atoms with van der Waals surface area (Å²) in [6, 6.07) is 7.47. The standard InChI is InChI=1S/C16H12Cl2N6/c1-8(24-7-22-13-15(19)20-6-21-16(13)24)11-5-9-3-2-4-10(17)12(9)14(18)23-11/h2-8H,1H3,(H2,19,20,21). The van der Waals surface area contributed by atoms with Crippen LogP contribution in [0.2, 0.25) is 10.2 Å². The van der Waals surface area contributed by atoms with Crippen LogP contribution in [-0.2, 0) is 0 Å².